The molecule has 2 fully saturated rings. The van der Waals surface area contributed by atoms with Crippen molar-refractivity contribution in [2.45, 2.75) is 49.4 Å². The lowest BCUT2D eigenvalue weighted by molar-refractivity contribution is -0.0791. The Bertz CT molecular complexity index is 182. The van der Waals surface area contributed by atoms with Gasteiger partial charge in [-0.2, -0.15) is 0 Å². The van der Waals surface area contributed by atoms with E-state index in [0.29, 0.717) is 19.3 Å². The van der Waals surface area contributed by atoms with Crippen molar-refractivity contribution < 1.29 is 15.3 Å². The summed E-state index contributed by atoms with van der Waals surface area (Å²) in [6, 6.07) is 0. The Morgan fingerprint density at radius 3 is 2.45 bits per heavy atom. The van der Waals surface area contributed by atoms with Crippen LogP contribution < -0.4 is 0 Å². The summed E-state index contributed by atoms with van der Waals surface area (Å²) < 4.78 is 0. The van der Waals surface area contributed by atoms with Crippen LogP contribution >= 0.6 is 0 Å². The molecule has 2 aliphatic carbocycles. The molecule has 64 valence electrons. The monoisotopic (exact) mass is 158 g/mol. The molecule has 0 radical (unpaired) electrons. The first-order valence-electron chi connectivity index (χ1n) is 4.17. The Labute approximate surface area is 65.7 Å². The molecule has 0 aliphatic heterocycles. The third-order valence-electron chi connectivity index (χ3n) is 3.08. The van der Waals surface area contributed by atoms with Gasteiger partial charge in [0.1, 0.15) is 0 Å². The van der Waals surface area contributed by atoms with Crippen LogP contribution in [0, 0.1) is 0 Å². The van der Waals surface area contributed by atoms with Crippen molar-refractivity contribution >= 4 is 0 Å². The first-order chi connectivity index (χ1) is 5.04. The molecular formula is C8H14O3. The van der Waals surface area contributed by atoms with Crippen LogP contribution in [0.3, 0.4) is 0 Å². The van der Waals surface area contributed by atoms with Gasteiger partial charge in [0.2, 0.25) is 0 Å². The van der Waals surface area contributed by atoms with E-state index in [9.17, 15) is 15.3 Å². The van der Waals surface area contributed by atoms with Crippen molar-refractivity contribution in [1.82, 2.24) is 0 Å². The van der Waals surface area contributed by atoms with E-state index in [0.717, 1.165) is 12.8 Å². The maximum Gasteiger partial charge on any atom is 0.0933 e. The number of fused-ring (bicyclic) bond motifs is 2. The summed E-state index contributed by atoms with van der Waals surface area (Å²) in [7, 11) is 0. The first-order valence-corrected chi connectivity index (χ1v) is 4.17. The number of hydrogen-bond donors (Lipinski definition) is 3. The predicted molar refractivity (Wildman–Crippen MR) is 39.0 cm³/mol. The summed E-state index contributed by atoms with van der Waals surface area (Å²) in [6.07, 6.45) is 2.19. The topological polar surface area (TPSA) is 60.7 Å². The van der Waals surface area contributed by atoms with E-state index in [4.69, 9.17) is 0 Å². The van der Waals surface area contributed by atoms with Crippen LogP contribution in [0.5, 0.6) is 0 Å². The van der Waals surface area contributed by atoms with Gasteiger partial charge < -0.3 is 15.3 Å². The van der Waals surface area contributed by atoms with E-state index >= 15 is 0 Å². The zero-order valence-electron chi connectivity index (χ0n) is 6.45. The highest BCUT2D eigenvalue weighted by atomic mass is 16.4. The molecule has 3 N–H and O–H groups in total. The molecule has 11 heavy (non-hydrogen) atoms. The van der Waals surface area contributed by atoms with Crippen molar-refractivity contribution in [1.29, 1.82) is 0 Å². The van der Waals surface area contributed by atoms with Gasteiger partial charge in [-0.15, -0.1) is 0 Å². The molecule has 0 amide bonds. The van der Waals surface area contributed by atoms with Gasteiger partial charge in [0, 0.05) is 12.8 Å². The zero-order chi connectivity index (χ0) is 8.11. The number of aliphatic hydroxyl groups excluding tert-OH is 1. The Balaban J connectivity index is 2.26. The van der Waals surface area contributed by atoms with E-state index in [1.54, 1.807) is 0 Å². The van der Waals surface area contributed by atoms with Gasteiger partial charge >= 0.3 is 0 Å². The van der Waals surface area contributed by atoms with Crippen molar-refractivity contribution in [2.24, 2.45) is 0 Å². The summed E-state index contributed by atoms with van der Waals surface area (Å²) in [5, 5.41) is 28.9. The molecule has 2 rings (SSSR count). The molecule has 0 heterocycles. The summed E-state index contributed by atoms with van der Waals surface area (Å²) >= 11 is 0. The van der Waals surface area contributed by atoms with E-state index in [1.807, 2.05) is 0 Å². The molecule has 0 aromatic heterocycles. The van der Waals surface area contributed by atoms with E-state index in [-0.39, 0.29) is 0 Å². The Morgan fingerprint density at radius 2 is 1.91 bits per heavy atom. The average Bonchev–Trinajstić information content (AvgIpc) is 1.99. The van der Waals surface area contributed by atoms with E-state index < -0.39 is 17.3 Å². The minimum absolute atomic E-state index is 0.351. The number of aliphatic hydroxyl groups is 3. The zero-order valence-corrected chi connectivity index (χ0v) is 6.45. The van der Waals surface area contributed by atoms with Crippen molar-refractivity contribution in [3.05, 3.63) is 0 Å². The largest absolute Gasteiger partial charge is 0.390 e. The average molecular weight is 158 g/mol. The van der Waals surface area contributed by atoms with Gasteiger partial charge in [0.05, 0.1) is 17.3 Å². The van der Waals surface area contributed by atoms with Gasteiger partial charge in [-0.05, 0) is 19.3 Å². The van der Waals surface area contributed by atoms with Crippen LogP contribution in [0.4, 0.5) is 0 Å². The molecule has 0 spiro atoms. The SMILES string of the molecule is OC1CC2(O)CCCC1(O)C2. The summed E-state index contributed by atoms with van der Waals surface area (Å²) in [6.45, 7) is 0. The second kappa shape index (κ2) is 1.97. The molecule has 0 saturated heterocycles. The standard InChI is InChI=1S/C8H14O3/c9-6-4-7(10)2-1-3-8(6,11)5-7/h6,9-11H,1-5H2. The van der Waals surface area contributed by atoms with Crippen LogP contribution in [0.25, 0.3) is 0 Å². The second-order valence-corrected chi connectivity index (χ2v) is 4.08. The molecule has 3 nitrogen and oxygen atoms in total. The highest BCUT2D eigenvalue weighted by Gasteiger charge is 2.54. The Hall–Kier alpha value is -0.120. The van der Waals surface area contributed by atoms with E-state index in [2.05, 4.69) is 0 Å². The number of rotatable bonds is 0. The van der Waals surface area contributed by atoms with Gasteiger partial charge in [0.25, 0.3) is 0 Å². The van der Waals surface area contributed by atoms with Crippen molar-refractivity contribution in [3.8, 4) is 0 Å². The lowest BCUT2D eigenvalue weighted by Crippen LogP contribution is -2.40. The summed E-state index contributed by atoms with van der Waals surface area (Å²) in [4.78, 5) is 0. The smallest absolute Gasteiger partial charge is 0.0933 e. The number of hydrogen-bond acceptors (Lipinski definition) is 3. The predicted octanol–water partition coefficient (Wildman–Crippen LogP) is -0.213. The quantitative estimate of drug-likeness (QED) is 0.457. The fraction of sp³-hybridized carbons (Fsp3) is 1.00. The van der Waals surface area contributed by atoms with Crippen molar-refractivity contribution in [2.75, 3.05) is 0 Å². The molecule has 2 saturated carbocycles. The Morgan fingerprint density at radius 1 is 1.18 bits per heavy atom. The second-order valence-electron chi connectivity index (χ2n) is 4.08. The fourth-order valence-corrected chi connectivity index (χ4v) is 2.48. The van der Waals surface area contributed by atoms with Gasteiger partial charge in [-0.1, -0.05) is 0 Å². The lowest BCUT2D eigenvalue weighted by atomic mass is 9.83. The van der Waals surface area contributed by atoms with Gasteiger partial charge in [0.15, 0.2) is 0 Å². The summed E-state index contributed by atoms with van der Waals surface area (Å²) in [5.74, 6) is 0. The fourth-order valence-electron chi connectivity index (χ4n) is 2.48. The molecule has 2 bridgehead atoms. The van der Waals surface area contributed by atoms with Crippen LogP contribution in [-0.4, -0.2) is 32.6 Å². The molecule has 0 aromatic rings. The normalized spacial score (nSPS) is 56.5. The van der Waals surface area contributed by atoms with Gasteiger partial charge in [-0.3, -0.25) is 0 Å². The minimum atomic E-state index is -0.979. The maximum atomic E-state index is 9.75. The van der Waals surface area contributed by atoms with Crippen LogP contribution in [0.2, 0.25) is 0 Å². The maximum absolute atomic E-state index is 9.75. The summed E-state index contributed by atoms with van der Waals surface area (Å²) in [5.41, 5.74) is -1.75. The third kappa shape index (κ3) is 0.991. The van der Waals surface area contributed by atoms with Crippen LogP contribution in [0.15, 0.2) is 0 Å². The molecule has 3 heteroatoms. The molecule has 2 aliphatic rings. The highest BCUT2D eigenvalue weighted by Crippen LogP contribution is 2.47. The Kier molecular flexibility index (Phi) is 1.35. The van der Waals surface area contributed by atoms with E-state index in [1.165, 1.54) is 0 Å². The van der Waals surface area contributed by atoms with Crippen LogP contribution in [-0.2, 0) is 0 Å². The highest BCUT2D eigenvalue weighted by molar-refractivity contribution is 5.07. The lowest BCUT2D eigenvalue weighted by Gasteiger charge is -2.32. The molecule has 0 aromatic carbocycles. The first kappa shape index (κ1) is 7.53. The van der Waals surface area contributed by atoms with Crippen molar-refractivity contribution in [3.63, 3.8) is 0 Å². The molecule has 3 unspecified atom stereocenters. The molecular weight excluding hydrogens is 144 g/mol. The van der Waals surface area contributed by atoms with Crippen LogP contribution in [0.1, 0.15) is 32.1 Å². The molecule has 3 atom stereocenters. The minimum Gasteiger partial charge on any atom is -0.390 e. The van der Waals surface area contributed by atoms with Gasteiger partial charge in [-0.25, -0.2) is 0 Å². The third-order valence-corrected chi connectivity index (χ3v) is 3.08.